The lowest BCUT2D eigenvalue weighted by atomic mass is 9.92. The van der Waals surface area contributed by atoms with Crippen molar-refractivity contribution in [2.24, 2.45) is 17.8 Å². The van der Waals surface area contributed by atoms with Crippen LogP contribution in [0.5, 0.6) is 0 Å². The van der Waals surface area contributed by atoms with Gasteiger partial charge in [-0.25, -0.2) is 0 Å². The van der Waals surface area contributed by atoms with Gasteiger partial charge in [0.1, 0.15) is 0 Å². The number of carboxylic acid groups (broad SMARTS) is 1. The first-order chi connectivity index (χ1) is 9.65. The van der Waals surface area contributed by atoms with Gasteiger partial charge in [0.2, 0.25) is 5.91 Å². The van der Waals surface area contributed by atoms with Crippen LogP contribution >= 0.6 is 11.3 Å². The molecule has 0 unspecified atom stereocenters. The number of carboxylic acids is 1. The van der Waals surface area contributed by atoms with Gasteiger partial charge in [0.05, 0.1) is 5.92 Å². The molecular formula is C15H19NO3S. The Morgan fingerprint density at radius 2 is 2.15 bits per heavy atom. The third-order valence-corrected chi connectivity index (χ3v) is 5.20. The Kier molecular flexibility index (Phi) is 3.78. The number of amides is 1. The SMILES string of the molecule is O=C(O)[C@@H]1CN(C(=O)CCc2ccsc2)C[C@H]1C1CC1. The third kappa shape index (κ3) is 2.87. The number of likely N-dealkylation sites (tertiary alicyclic amines) is 1. The van der Waals surface area contributed by atoms with Crippen molar-refractivity contribution in [3.05, 3.63) is 22.4 Å². The second kappa shape index (κ2) is 5.56. The molecule has 3 rings (SSSR count). The Morgan fingerprint density at radius 3 is 2.75 bits per heavy atom. The first-order valence-electron chi connectivity index (χ1n) is 7.17. The molecule has 2 heterocycles. The van der Waals surface area contributed by atoms with E-state index in [1.807, 2.05) is 11.4 Å². The number of carbonyl (C=O) groups excluding carboxylic acids is 1. The van der Waals surface area contributed by atoms with E-state index in [4.69, 9.17) is 0 Å². The lowest BCUT2D eigenvalue weighted by molar-refractivity contribution is -0.142. The van der Waals surface area contributed by atoms with Crippen molar-refractivity contribution in [3.8, 4) is 0 Å². The molecule has 1 saturated carbocycles. The number of carbonyl (C=O) groups is 2. The quantitative estimate of drug-likeness (QED) is 0.906. The fourth-order valence-electron chi connectivity index (χ4n) is 3.14. The zero-order valence-corrected chi connectivity index (χ0v) is 12.1. The highest BCUT2D eigenvalue weighted by molar-refractivity contribution is 7.07. The van der Waals surface area contributed by atoms with Crippen molar-refractivity contribution < 1.29 is 14.7 Å². The van der Waals surface area contributed by atoms with Crippen LogP contribution in [0.2, 0.25) is 0 Å². The Labute approximate surface area is 122 Å². The summed E-state index contributed by atoms with van der Waals surface area (Å²) >= 11 is 1.64. The molecule has 2 atom stereocenters. The van der Waals surface area contributed by atoms with Crippen molar-refractivity contribution in [1.82, 2.24) is 4.90 Å². The number of hydrogen-bond acceptors (Lipinski definition) is 3. The lowest BCUT2D eigenvalue weighted by Crippen LogP contribution is -2.30. The monoisotopic (exact) mass is 293 g/mol. The first kappa shape index (κ1) is 13.6. The van der Waals surface area contributed by atoms with E-state index in [1.165, 1.54) is 5.56 Å². The van der Waals surface area contributed by atoms with E-state index in [-0.39, 0.29) is 17.7 Å². The van der Waals surface area contributed by atoms with Crippen molar-refractivity contribution in [3.63, 3.8) is 0 Å². The third-order valence-electron chi connectivity index (χ3n) is 4.47. The minimum Gasteiger partial charge on any atom is -0.481 e. The molecule has 1 aliphatic carbocycles. The molecule has 108 valence electrons. The molecule has 1 amide bonds. The average molecular weight is 293 g/mol. The van der Waals surface area contributed by atoms with Gasteiger partial charge >= 0.3 is 5.97 Å². The van der Waals surface area contributed by atoms with Gasteiger partial charge in [-0.3, -0.25) is 9.59 Å². The Bertz CT molecular complexity index is 495. The molecule has 2 fully saturated rings. The number of hydrogen-bond donors (Lipinski definition) is 1. The molecule has 5 heteroatoms. The van der Waals surface area contributed by atoms with Crippen LogP contribution in [0.25, 0.3) is 0 Å². The first-order valence-corrected chi connectivity index (χ1v) is 8.11. The molecule has 0 aromatic carbocycles. The van der Waals surface area contributed by atoms with Crippen molar-refractivity contribution in [2.75, 3.05) is 13.1 Å². The van der Waals surface area contributed by atoms with Crippen LogP contribution in [0.15, 0.2) is 16.8 Å². The predicted molar refractivity (Wildman–Crippen MR) is 76.6 cm³/mol. The number of nitrogens with zero attached hydrogens (tertiary/aromatic N) is 1. The van der Waals surface area contributed by atoms with Crippen LogP contribution < -0.4 is 0 Å². The number of aryl methyl sites for hydroxylation is 1. The van der Waals surface area contributed by atoms with Crippen LogP contribution in [0.4, 0.5) is 0 Å². The molecule has 1 aromatic heterocycles. The fraction of sp³-hybridized carbons (Fsp3) is 0.600. The molecule has 20 heavy (non-hydrogen) atoms. The zero-order chi connectivity index (χ0) is 14.1. The van der Waals surface area contributed by atoms with Crippen molar-refractivity contribution >= 4 is 23.2 Å². The molecule has 1 saturated heterocycles. The largest absolute Gasteiger partial charge is 0.481 e. The zero-order valence-electron chi connectivity index (χ0n) is 11.3. The van der Waals surface area contributed by atoms with Crippen molar-refractivity contribution in [2.45, 2.75) is 25.7 Å². The van der Waals surface area contributed by atoms with Gasteiger partial charge in [-0.15, -0.1) is 0 Å². The number of rotatable bonds is 5. The van der Waals surface area contributed by atoms with Crippen LogP contribution in [0, 0.1) is 17.8 Å². The van der Waals surface area contributed by atoms with Gasteiger partial charge in [0, 0.05) is 19.5 Å². The van der Waals surface area contributed by atoms with Gasteiger partial charge in [-0.05, 0) is 53.5 Å². The maximum Gasteiger partial charge on any atom is 0.308 e. The summed E-state index contributed by atoms with van der Waals surface area (Å²) in [6, 6.07) is 2.04. The van der Waals surface area contributed by atoms with Gasteiger partial charge < -0.3 is 10.0 Å². The predicted octanol–water partition coefficient (Wildman–Crippen LogP) is 2.25. The summed E-state index contributed by atoms with van der Waals surface area (Å²) in [7, 11) is 0. The molecule has 1 aliphatic heterocycles. The van der Waals surface area contributed by atoms with Crippen LogP contribution in [-0.2, 0) is 16.0 Å². The van der Waals surface area contributed by atoms with Crippen LogP contribution in [0.1, 0.15) is 24.8 Å². The van der Waals surface area contributed by atoms with Gasteiger partial charge in [-0.1, -0.05) is 0 Å². The highest BCUT2D eigenvalue weighted by atomic mass is 32.1. The number of aliphatic carboxylic acids is 1. The summed E-state index contributed by atoms with van der Waals surface area (Å²) in [5.74, 6) is -0.281. The molecule has 0 spiro atoms. The standard InChI is InChI=1S/C15H19NO3S/c17-14(4-1-10-5-6-20-9-10)16-7-12(11-2-3-11)13(8-16)15(18)19/h5-6,9,11-13H,1-4,7-8H2,(H,18,19)/t12-,13+/m0/s1. The van der Waals surface area contributed by atoms with Gasteiger partial charge in [0.15, 0.2) is 0 Å². The highest BCUT2D eigenvalue weighted by Gasteiger charge is 2.46. The minimum atomic E-state index is -0.741. The van der Waals surface area contributed by atoms with E-state index < -0.39 is 5.97 Å². The van der Waals surface area contributed by atoms with E-state index in [0.29, 0.717) is 25.4 Å². The minimum absolute atomic E-state index is 0.102. The lowest BCUT2D eigenvalue weighted by Gasteiger charge is -2.16. The smallest absolute Gasteiger partial charge is 0.308 e. The summed E-state index contributed by atoms with van der Waals surface area (Å²) in [5, 5.41) is 13.4. The fourth-order valence-corrected chi connectivity index (χ4v) is 3.84. The maximum atomic E-state index is 12.2. The molecule has 2 aliphatic rings. The molecule has 4 nitrogen and oxygen atoms in total. The second-order valence-electron chi connectivity index (χ2n) is 5.88. The van der Waals surface area contributed by atoms with E-state index in [1.54, 1.807) is 16.2 Å². The Morgan fingerprint density at radius 1 is 1.35 bits per heavy atom. The average Bonchev–Trinajstić information content (AvgIpc) is 2.97. The Hall–Kier alpha value is -1.36. The molecule has 0 radical (unpaired) electrons. The summed E-state index contributed by atoms with van der Waals surface area (Å²) < 4.78 is 0. The summed E-state index contributed by atoms with van der Waals surface area (Å²) in [6.45, 7) is 1.04. The molecule has 1 aromatic rings. The number of thiophene rings is 1. The van der Waals surface area contributed by atoms with Crippen molar-refractivity contribution in [1.29, 1.82) is 0 Å². The van der Waals surface area contributed by atoms with Gasteiger partial charge in [-0.2, -0.15) is 11.3 Å². The summed E-state index contributed by atoms with van der Waals surface area (Å²) in [4.78, 5) is 25.3. The normalized spacial score (nSPS) is 25.9. The van der Waals surface area contributed by atoms with Crippen LogP contribution in [0.3, 0.4) is 0 Å². The van der Waals surface area contributed by atoms with E-state index >= 15 is 0 Å². The topological polar surface area (TPSA) is 57.6 Å². The molecule has 0 bridgehead atoms. The van der Waals surface area contributed by atoms with Gasteiger partial charge in [0.25, 0.3) is 0 Å². The molecule has 1 N–H and O–H groups in total. The maximum absolute atomic E-state index is 12.2. The van der Waals surface area contributed by atoms with Crippen LogP contribution in [-0.4, -0.2) is 35.0 Å². The second-order valence-corrected chi connectivity index (χ2v) is 6.66. The highest BCUT2D eigenvalue weighted by Crippen LogP contribution is 2.44. The summed E-state index contributed by atoms with van der Waals surface area (Å²) in [6.07, 6.45) is 3.50. The summed E-state index contributed by atoms with van der Waals surface area (Å²) in [5.41, 5.74) is 1.19. The van der Waals surface area contributed by atoms with E-state index in [9.17, 15) is 14.7 Å². The Balaban J connectivity index is 1.57. The van der Waals surface area contributed by atoms with E-state index in [0.717, 1.165) is 19.3 Å². The molecular weight excluding hydrogens is 274 g/mol. The van der Waals surface area contributed by atoms with E-state index in [2.05, 4.69) is 5.38 Å².